The van der Waals surface area contributed by atoms with Gasteiger partial charge in [-0.3, -0.25) is 9.59 Å². The molecular weight excluding hydrogens is 270 g/mol. The summed E-state index contributed by atoms with van der Waals surface area (Å²) in [5, 5.41) is 6.20. The molecule has 6 heteroatoms. The Labute approximate surface area is 121 Å². The van der Waals surface area contributed by atoms with Gasteiger partial charge in [-0.2, -0.15) is 5.10 Å². The van der Waals surface area contributed by atoms with Crippen LogP contribution in [0.15, 0.2) is 52.2 Å². The lowest BCUT2D eigenvalue weighted by Crippen LogP contribution is -2.32. The van der Waals surface area contributed by atoms with Crippen LogP contribution in [0.1, 0.15) is 18.2 Å². The molecule has 0 aliphatic heterocycles. The fourth-order valence-electron chi connectivity index (χ4n) is 1.70. The molecule has 0 fully saturated rings. The van der Waals surface area contributed by atoms with E-state index in [1.54, 1.807) is 24.3 Å². The number of rotatable bonds is 4. The molecule has 0 aliphatic carbocycles. The molecule has 0 saturated carbocycles. The molecule has 0 aliphatic rings. The number of hydrazone groups is 1. The fourth-order valence-corrected chi connectivity index (χ4v) is 1.70. The summed E-state index contributed by atoms with van der Waals surface area (Å²) in [6, 6.07) is 10.7. The minimum atomic E-state index is -0.844. The maximum absolute atomic E-state index is 11.8. The van der Waals surface area contributed by atoms with Gasteiger partial charge in [-0.15, -0.1) is 0 Å². The number of carbonyl (C=O) groups excluding carboxylic acids is 2. The van der Waals surface area contributed by atoms with E-state index in [2.05, 4.69) is 15.8 Å². The van der Waals surface area contributed by atoms with Crippen molar-refractivity contribution in [2.24, 2.45) is 5.10 Å². The maximum Gasteiger partial charge on any atom is 0.329 e. The highest BCUT2D eigenvalue weighted by molar-refractivity contribution is 6.39. The van der Waals surface area contributed by atoms with Gasteiger partial charge in [0.2, 0.25) is 0 Å². The van der Waals surface area contributed by atoms with Gasteiger partial charge in [0.1, 0.15) is 5.76 Å². The molecule has 2 amide bonds. The first kappa shape index (κ1) is 14.5. The Morgan fingerprint density at radius 2 is 2.00 bits per heavy atom. The van der Waals surface area contributed by atoms with Crippen LogP contribution in [0, 0.1) is 0 Å². The molecule has 1 aromatic carbocycles. The third-order valence-electron chi connectivity index (χ3n) is 2.75. The van der Waals surface area contributed by atoms with Crippen molar-refractivity contribution in [3.8, 4) is 0 Å². The topological polar surface area (TPSA) is 83.7 Å². The molecule has 0 atom stereocenters. The highest BCUT2D eigenvalue weighted by atomic mass is 16.3. The van der Waals surface area contributed by atoms with Crippen molar-refractivity contribution in [1.82, 2.24) is 5.43 Å². The van der Waals surface area contributed by atoms with Crippen molar-refractivity contribution in [2.75, 3.05) is 5.32 Å². The van der Waals surface area contributed by atoms with Gasteiger partial charge in [0, 0.05) is 5.69 Å². The number of nitrogens with zero attached hydrogens (tertiary/aromatic N) is 1. The summed E-state index contributed by atoms with van der Waals surface area (Å²) in [5.74, 6) is -1.14. The quantitative estimate of drug-likeness (QED) is 0.511. The first-order valence-electron chi connectivity index (χ1n) is 6.46. The smallest absolute Gasteiger partial charge is 0.329 e. The second kappa shape index (κ2) is 7.04. The summed E-state index contributed by atoms with van der Waals surface area (Å²) >= 11 is 0. The van der Waals surface area contributed by atoms with Crippen LogP contribution in [0.3, 0.4) is 0 Å². The van der Waals surface area contributed by atoms with Gasteiger partial charge in [-0.05, 0) is 30.2 Å². The van der Waals surface area contributed by atoms with E-state index in [0.29, 0.717) is 11.4 Å². The first-order chi connectivity index (χ1) is 10.2. The number of aryl methyl sites for hydroxylation is 1. The van der Waals surface area contributed by atoms with Crippen molar-refractivity contribution in [2.45, 2.75) is 13.3 Å². The Morgan fingerprint density at radius 3 is 2.71 bits per heavy atom. The molecule has 2 N–H and O–H groups in total. The van der Waals surface area contributed by atoms with Crippen LogP contribution < -0.4 is 10.7 Å². The minimum absolute atomic E-state index is 0.479. The normalized spacial score (nSPS) is 10.5. The molecule has 0 unspecified atom stereocenters. The second-order valence-electron chi connectivity index (χ2n) is 4.18. The van der Waals surface area contributed by atoms with Crippen LogP contribution in [0.2, 0.25) is 0 Å². The Balaban J connectivity index is 1.92. The van der Waals surface area contributed by atoms with Crippen LogP contribution in [0.25, 0.3) is 0 Å². The van der Waals surface area contributed by atoms with E-state index in [-0.39, 0.29) is 0 Å². The first-order valence-corrected chi connectivity index (χ1v) is 6.46. The van der Waals surface area contributed by atoms with E-state index in [4.69, 9.17) is 4.42 Å². The molecule has 0 spiro atoms. The summed E-state index contributed by atoms with van der Waals surface area (Å²) in [5.41, 5.74) is 3.71. The van der Waals surface area contributed by atoms with E-state index >= 15 is 0 Å². The van der Waals surface area contributed by atoms with Crippen molar-refractivity contribution < 1.29 is 14.0 Å². The molecule has 21 heavy (non-hydrogen) atoms. The van der Waals surface area contributed by atoms with Crippen LogP contribution in [0.4, 0.5) is 5.69 Å². The number of benzene rings is 1. The number of anilines is 1. The second-order valence-corrected chi connectivity index (χ2v) is 4.18. The summed E-state index contributed by atoms with van der Waals surface area (Å²) < 4.78 is 5.00. The third kappa shape index (κ3) is 4.04. The molecular formula is C15H15N3O3. The number of amides is 2. The lowest BCUT2D eigenvalue weighted by Gasteiger charge is -2.08. The monoisotopic (exact) mass is 285 g/mol. The van der Waals surface area contributed by atoms with Crippen molar-refractivity contribution in [3.05, 3.63) is 54.0 Å². The summed E-state index contributed by atoms with van der Waals surface area (Å²) in [6.07, 6.45) is 3.55. The average Bonchev–Trinajstić information content (AvgIpc) is 3.01. The Morgan fingerprint density at radius 1 is 1.19 bits per heavy atom. The number of furan rings is 1. The van der Waals surface area contributed by atoms with Gasteiger partial charge in [-0.25, -0.2) is 5.43 Å². The average molecular weight is 285 g/mol. The summed E-state index contributed by atoms with van der Waals surface area (Å²) in [7, 11) is 0. The molecule has 1 aromatic heterocycles. The zero-order valence-corrected chi connectivity index (χ0v) is 11.5. The van der Waals surface area contributed by atoms with E-state index < -0.39 is 11.8 Å². The van der Waals surface area contributed by atoms with Gasteiger partial charge in [0.25, 0.3) is 0 Å². The van der Waals surface area contributed by atoms with Crippen molar-refractivity contribution in [1.29, 1.82) is 0 Å². The van der Waals surface area contributed by atoms with Crippen LogP contribution >= 0.6 is 0 Å². The number of hydrogen-bond acceptors (Lipinski definition) is 4. The van der Waals surface area contributed by atoms with Crippen molar-refractivity contribution >= 4 is 23.7 Å². The van der Waals surface area contributed by atoms with Gasteiger partial charge in [0.05, 0.1) is 12.5 Å². The third-order valence-corrected chi connectivity index (χ3v) is 2.75. The predicted octanol–water partition coefficient (Wildman–Crippen LogP) is 1.93. The molecule has 1 heterocycles. The number of carbonyl (C=O) groups is 2. The predicted molar refractivity (Wildman–Crippen MR) is 78.9 cm³/mol. The number of nitrogens with one attached hydrogen (secondary N) is 2. The molecule has 2 aromatic rings. The van der Waals surface area contributed by atoms with Gasteiger partial charge in [-0.1, -0.05) is 25.1 Å². The molecule has 0 saturated heterocycles. The van der Waals surface area contributed by atoms with Gasteiger partial charge >= 0.3 is 11.8 Å². The Kier molecular flexibility index (Phi) is 4.87. The zero-order chi connectivity index (χ0) is 15.1. The van der Waals surface area contributed by atoms with Crippen molar-refractivity contribution in [3.63, 3.8) is 0 Å². The lowest BCUT2D eigenvalue weighted by molar-refractivity contribution is -0.136. The van der Waals surface area contributed by atoms with Crippen LogP contribution in [-0.4, -0.2) is 18.0 Å². The highest BCUT2D eigenvalue weighted by Gasteiger charge is 2.14. The molecule has 0 bridgehead atoms. The van der Waals surface area contributed by atoms with E-state index in [0.717, 1.165) is 12.0 Å². The highest BCUT2D eigenvalue weighted by Crippen LogP contribution is 2.14. The summed E-state index contributed by atoms with van der Waals surface area (Å²) in [4.78, 5) is 23.4. The molecule has 2 rings (SSSR count). The SMILES string of the molecule is CCc1ccccc1NC(=O)C(=O)NN=Cc1ccco1. The Hall–Kier alpha value is -2.89. The van der Waals surface area contributed by atoms with Gasteiger partial charge < -0.3 is 9.73 Å². The molecule has 6 nitrogen and oxygen atoms in total. The Bertz CT molecular complexity index is 648. The van der Waals surface area contributed by atoms with E-state index in [1.807, 2.05) is 19.1 Å². The molecule has 0 radical (unpaired) electrons. The standard InChI is InChI=1S/C15H15N3O3/c1-2-11-6-3-4-8-13(11)17-14(19)15(20)18-16-10-12-7-5-9-21-12/h3-10H,2H2,1H3,(H,17,19)(H,18,20). The maximum atomic E-state index is 11.8. The van der Waals surface area contributed by atoms with Gasteiger partial charge in [0.15, 0.2) is 0 Å². The largest absolute Gasteiger partial charge is 0.463 e. The van der Waals surface area contributed by atoms with E-state index in [1.165, 1.54) is 12.5 Å². The number of hydrogen-bond donors (Lipinski definition) is 2. The lowest BCUT2D eigenvalue weighted by atomic mass is 10.1. The minimum Gasteiger partial charge on any atom is -0.463 e. The number of para-hydroxylation sites is 1. The van der Waals surface area contributed by atoms with Crippen LogP contribution in [0.5, 0.6) is 0 Å². The zero-order valence-electron chi connectivity index (χ0n) is 11.5. The molecule has 108 valence electrons. The van der Waals surface area contributed by atoms with Crippen LogP contribution in [-0.2, 0) is 16.0 Å². The fraction of sp³-hybridized carbons (Fsp3) is 0.133. The summed E-state index contributed by atoms with van der Waals surface area (Å²) in [6.45, 7) is 1.97. The van der Waals surface area contributed by atoms with E-state index in [9.17, 15) is 9.59 Å².